The fraction of sp³-hybridized carbons (Fsp3) is 0.250. The van der Waals surface area contributed by atoms with Crippen LogP contribution in [-0.2, 0) is 0 Å². The smallest absolute Gasteiger partial charge is 0.152 e. The van der Waals surface area contributed by atoms with Crippen LogP contribution in [-0.4, -0.2) is 19.6 Å². The van der Waals surface area contributed by atoms with Gasteiger partial charge in [0.25, 0.3) is 0 Å². The Balaban J connectivity index is 2.16. The van der Waals surface area contributed by atoms with Crippen molar-refractivity contribution >= 4 is 34.2 Å². The molecule has 0 atom stereocenters. The Bertz CT molecular complexity index is 701. The summed E-state index contributed by atoms with van der Waals surface area (Å²) in [7, 11) is 0. The molecule has 0 aliphatic rings. The highest BCUT2D eigenvalue weighted by atomic mass is 35.5. The molecule has 92 valence electrons. The number of aromatic amines is 1. The van der Waals surface area contributed by atoms with Gasteiger partial charge < -0.3 is 4.98 Å². The number of hydrogen-bond donors (Lipinski definition) is 1. The van der Waals surface area contributed by atoms with Crippen molar-refractivity contribution in [2.75, 3.05) is 0 Å². The molecule has 0 fully saturated rings. The van der Waals surface area contributed by atoms with Crippen molar-refractivity contribution in [3.8, 4) is 10.7 Å². The molecule has 6 heteroatoms. The largest absolute Gasteiger partial charge is 0.337 e. The Hall–Kier alpha value is -1.46. The van der Waals surface area contributed by atoms with Gasteiger partial charge in [0.05, 0.1) is 16.7 Å². The van der Waals surface area contributed by atoms with Gasteiger partial charge in [-0.3, -0.25) is 0 Å². The zero-order valence-corrected chi connectivity index (χ0v) is 11.5. The first-order chi connectivity index (χ1) is 8.65. The molecule has 1 aromatic carbocycles. The van der Waals surface area contributed by atoms with Gasteiger partial charge in [-0.05, 0) is 35.6 Å². The van der Waals surface area contributed by atoms with Gasteiger partial charge in [0.2, 0.25) is 0 Å². The van der Waals surface area contributed by atoms with E-state index in [9.17, 15) is 0 Å². The fourth-order valence-corrected chi connectivity index (χ4v) is 2.76. The molecule has 0 saturated heterocycles. The number of hydrogen-bond acceptors (Lipinski definition) is 4. The van der Waals surface area contributed by atoms with E-state index in [2.05, 4.69) is 33.4 Å². The van der Waals surface area contributed by atoms with Crippen LogP contribution < -0.4 is 0 Å². The molecular weight excluding hydrogens is 268 g/mol. The predicted octanol–water partition coefficient (Wildman–Crippen LogP) is 3.86. The zero-order valence-electron chi connectivity index (χ0n) is 9.94. The zero-order chi connectivity index (χ0) is 12.7. The number of benzene rings is 1. The topological polar surface area (TPSA) is 54.5 Å². The molecule has 4 nitrogen and oxygen atoms in total. The molecule has 2 aromatic heterocycles. The van der Waals surface area contributed by atoms with Crippen molar-refractivity contribution in [3.05, 3.63) is 28.9 Å². The van der Waals surface area contributed by atoms with E-state index in [1.807, 2.05) is 18.2 Å². The number of halogens is 1. The number of nitrogens with one attached hydrogen (secondary N) is 1. The maximum atomic E-state index is 5.96. The first kappa shape index (κ1) is 11.6. The quantitative estimate of drug-likeness (QED) is 0.774. The number of H-pyrrole nitrogens is 1. The second-order valence-electron chi connectivity index (χ2n) is 4.39. The third kappa shape index (κ3) is 1.89. The normalized spacial score (nSPS) is 11.6. The van der Waals surface area contributed by atoms with Crippen molar-refractivity contribution in [3.63, 3.8) is 0 Å². The van der Waals surface area contributed by atoms with E-state index in [0.717, 1.165) is 27.4 Å². The number of rotatable bonds is 2. The molecule has 2 heterocycles. The summed E-state index contributed by atoms with van der Waals surface area (Å²) < 4.78 is 4.01. The highest BCUT2D eigenvalue weighted by Crippen LogP contribution is 2.30. The van der Waals surface area contributed by atoms with Crippen LogP contribution >= 0.6 is 23.1 Å². The van der Waals surface area contributed by atoms with Gasteiger partial charge in [-0.1, -0.05) is 29.9 Å². The van der Waals surface area contributed by atoms with Crippen LogP contribution in [0.15, 0.2) is 18.2 Å². The van der Waals surface area contributed by atoms with Gasteiger partial charge in [0.15, 0.2) is 5.82 Å². The van der Waals surface area contributed by atoms with Crippen molar-refractivity contribution in [1.29, 1.82) is 0 Å². The minimum Gasteiger partial charge on any atom is -0.337 e. The van der Waals surface area contributed by atoms with E-state index < -0.39 is 0 Å². The van der Waals surface area contributed by atoms with E-state index in [-0.39, 0.29) is 0 Å². The summed E-state index contributed by atoms with van der Waals surface area (Å²) in [5.41, 5.74) is 2.81. The summed E-state index contributed by atoms with van der Waals surface area (Å²) in [6.45, 7) is 4.19. The van der Waals surface area contributed by atoms with E-state index in [1.165, 1.54) is 11.5 Å². The van der Waals surface area contributed by atoms with Crippen LogP contribution in [0.4, 0.5) is 0 Å². The summed E-state index contributed by atoms with van der Waals surface area (Å²) in [6.07, 6.45) is 0. The lowest BCUT2D eigenvalue weighted by atomic mass is 10.1. The number of aromatic nitrogens is 4. The van der Waals surface area contributed by atoms with Crippen molar-refractivity contribution in [1.82, 2.24) is 19.6 Å². The molecule has 0 aliphatic carbocycles. The lowest BCUT2D eigenvalue weighted by Crippen LogP contribution is -1.91. The molecule has 3 aromatic rings. The number of nitrogens with zero attached hydrogens (tertiary/aromatic N) is 3. The van der Waals surface area contributed by atoms with Crippen molar-refractivity contribution in [2.45, 2.75) is 19.8 Å². The minimum absolute atomic E-state index is 0.329. The maximum absolute atomic E-state index is 5.96. The molecule has 18 heavy (non-hydrogen) atoms. The SMILES string of the molecule is CC(C)c1nnsc1-c1nc2ccc(Cl)cc2[nH]1. The molecule has 0 bridgehead atoms. The molecule has 0 saturated carbocycles. The van der Waals surface area contributed by atoms with E-state index in [4.69, 9.17) is 11.6 Å². The third-order valence-electron chi connectivity index (χ3n) is 2.72. The average Bonchev–Trinajstić information content (AvgIpc) is 2.93. The Labute approximate surface area is 113 Å². The predicted molar refractivity (Wildman–Crippen MR) is 74.1 cm³/mol. The van der Waals surface area contributed by atoms with Crippen LogP contribution in [0.1, 0.15) is 25.5 Å². The summed E-state index contributed by atoms with van der Waals surface area (Å²) >= 11 is 7.33. The molecule has 0 radical (unpaired) electrons. The molecule has 0 unspecified atom stereocenters. The number of fused-ring (bicyclic) bond motifs is 1. The summed E-state index contributed by atoms with van der Waals surface area (Å²) in [5.74, 6) is 1.14. The van der Waals surface area contributed by atoms with Gasteiger partial charge in [0.1, 0.15) is 4.88 Å². The van der Waals surface area contributed by atoms with Gasteiger partial charge >= 0.3 is 0 Å². The van der Waals surface area contributed by atoms with Gasteiger partial charge in [-0.25, -0.2) is 4.98 Å². The van der Waals surface area contributed by atoms with Gasteiger partial charge in [-0.15, -0.1) is 5.10 Å². The minimum atomic E-state index is 0.329. The molecule has 1 N–H and O–H groups in total. The lowest BCUT2D eigenvalue weighted by molar-refractivity contribution is 0.813. The Morgan fingerprint density at radius 3 is 2.94 bits per heavy atom. The maximum Gasteiger partial charge on any atom is 0.152 e. The second kappa shape index (κ2) is 4.33. The summed E-state index contributed by atoms with van der Waals surface area (Å²) in [6, 6.07) is 5.61. The summed E-state index contributed by atoms with van der Waals surface area (Å²) in [4.78, 5) is 8.82. The van der Waals surface area contributed by atoms with Crippen LogP contribution in [0.2, 0.25) is 5.02 Å². The van der Waals surface area contributed by atoms with Crippen LogP contribution in [0.5, 0.6) is 0 Å². The molecule has 0 spiro atoms. The second-order valence-corrected chi connectivity index (χ2v) is 5.58. The van der Waals surface area contributed by atoms with Crippen molar-refractivity contribution in [2.24, 2.45) is 0 Å². The van der Waals surface area contributed by atoms with Crippen LogP contribution in [0, 0.1) is 0 Å². The molecule has 0 aliphatic heterocycles. The fourth-order valence-electron chi connectivity index (χ4n) is 1.83. The van der Waals surface area contributed by atoms with Gasteiger partial charge in [-0.2, -0.15) is 0 Å². The Morgan fingerprint density at radius 1 is 1.33 bits per heavy atom. The van der Waals surface area contributed by atoms with Crippen LogP contribution in [0.25, 0.3) is 21.7 Å². The average molecular weight is 279 g/mol. The first-order valence-electron chi connectivity index (χ1n) is 5.63. The number of imidazole rings is 1. The van der Waals surface area contributed by atoms with Gasteiger partial charge in [0, 0.05) is 5.02 Å². The molecule has 0 amide bonds. The first-order valence-corrected chi connectivity index (χ1v) is 6.78. The van der Waals surface area contributed by atoms with Crippen molar-refractivity contribution < 1.29 is 0 Å². The molecule has 3 rings (SSSR count). The Morgan fingerprint density at radius 2 is 2.17 bits per heavy atom. The van der Waals surface area contributed by atoms with E-state index >= 15 is 0 Å². The standard InChI is InChI=1S/C12H11ClN4S/c1-6(2)10-11(18-17-16-10)12-14-8-4-3-7(13)5-9(8)15-12/h3-6H,1-2H3,(H,14,15). The monoisotopic (exact) mass is 278 g/mol. The van der Waals surface area contributed by atoms with Crippen LogP contribution in [0.3, 0.4) is 0 Å². The lowest BCUT2D eigenvalue weighted by Gasteiger charge is -2.00. The highest BCUT2D eigenvalue weighted by Gasteiger charge is 2.16. The van der Waals surface area contributed by atoms with E-state index in [1.54, 1.807) is 0 Å². The Kier molecular flexibility index (Phi) is 2.80. The molecular formula is C12H11ClN4S. The highest BCUT2D eigenvalue weighted by molar-refractivity contribution is 7.09. The third-order valence-corrected chi connectivity index (χ3v) is 3.70. The van der Waals surface area contributed by atoms with E-state index in [0.29, 0.717) is 10.9 Å². The summed E-state index contributed by atoms with van der Waals surface area (Å²) in [5, 5.41) is 4.86.